The van der Waals surface area contributed by atoms with Gasteiger partial charge in [-0.05, 0) is 97.1 Å². The first-order valence-corrected chi connectivity index (χ1v) is 28.4. The number of halogens is 1. The van der Waals surface area contributed by atoms with Crippen molar-refractivity contribution in [1.82, 2.24) is 0 Å². The molecule has 0 aromatic heterocycles. The van der Waals surface area contributed by atoms with Gasteiger partial charge in [0.15, 0.2) is 0 Å². The molecule has 10 heteroatoms. The Labute approximate surface area is 387 Å². The molecule has 8 aromatic carbocycles. The van der Waals surface area contributed by atoms with Crippen LogP contribution in [0.3, 0.4) is 0 Å². The summed E-state index contributed by atoms with van der Waals surface area (Å²) in [5.41, 5.74) is 0. The van der Waals surface area contributed by atoms with E-state index in [1.807, 2.05) is 0 Å². The van der Waals surface area contributed by atoms with Crippen molar-refractivity contribution in [3.05, 3.63) is 243 Å². The molecule has 0 fully saturated rings. The molecule has 0 amide bonds. The number of hydrogen-bond acceptors (Lipinski definition) is 4. The molecule has 0 saturated heterocycles. The zero-order valence-corrected chi connectivity index (χ0v) is 40.7. The summed E-state index contributed by atoms with van der Waals surface area (Å²) in [5.74, 6) is 0. The molecule has 0 atom stereocenters. The maximum atomic E-state index is 8.60. The predicted octanol–water partition coefficient (Wildman–Crippen LogP) is 5.31. The summed E-state index contributed by atoms with van der Waals surface area (Å²) in [6.07, 6.45) is 5.04. The van der Waals surface area contributed by atoms with Crippen molar-refractivity contribution >= 4 is 74.1 Å². The summed E-state index contributed by atoms with van der Waals surface area (Å²) in [6, 6.07) is 89.0. The summed E-state index contributed by atoms with van der Waals surface area (Å²) in [5, 5.41) is 12.1. The van der Waals surface area contributed by atoms with Gasteiger partial charge in [0.1, 0.15) is 24.6 Å². The van der Waals surface area contributed by atoms with Crippen LogP contribution in [0.5, 0.6) is 0 Å². The number of hydrogen-bond donors (Lipinski definition) is 1. The minimum absolute atomic E-state index is 0. The standard InChI is InChI=1S/2C26H24P2.ClHO4.Rh/c2*1-5-13-23(14-6-1)27(24-15-7-2-8-16-24)21-22-28(25-17-9-3-10-18-25)26-19-11-4-12-20-26;2-1(3,4)5;/h2*1-20H,21-22H2;(H,2,3,4,5);/p+4. The zero-order chi connectivity index (χ0) is 42.5. The maximum absolute atomic E-state index is 8.60. The molecule has 1 radical (unpaired) electrons. The van der Waals surface area contributed by atoms with Crippen molar-refractivity contribution in [2.75, 3.05) is 24.6 Å². The average molecular weight is 1000 g/mol. The molecule has 0 heterocycles. The van der Waals surface area contributed by atoms with E-state index in [1.165, 1.54) is 67.1 Å². The Morgan fingerprint density at radius 2 is 0.355 bits per heavy atom. The minimum Gasteiger partial charge on any atom is -0.183 e. The molecular weight excluding hydrogens is 951 g/mol. The molecule has 0 saturated carbocycles. The van der Waals surface area contributed by atoms with Crippen molar-refractivity contribution in [2.24, 2.45) is 0 Å². The Morgan fingerprint density at radius 3 is 0.452 bits per heavy atom. The van der Waals surface area contributed by atoms with Gasteiger partial charge in [0, 0.05) is 19.5 Å². The van der Waals surface area contributed by atoms with Gasteiger partial charge in [0.2, 0.25) is 0 Å². The molecule has 0 aliphatic carbocycles. The van der Waals surface area contributed by atoms with Crippen LogP contribution in [-0.4, -0.2) is 29.3 Å². The van der Waals surface area contributed by atoms with Crippen LogP contribution in [0.1, 0.15) is 0 Å². The van der Waals surface area contributed by atoms with Gasteiger partial charge in [-0.3, -0.25) is 0 Å². The first-order chi connectivity index (χ1) is 29.8. The first kappa shape index (κ1) is 49.3. The third-order valence-electron chi connectivity index (χ3n) is 10.2. The van der Waals surface area contributed by atoms with Gasteiger partial charge in [0.25, 0.3) is 0 Å². The molecular formula is C52H53ClO4P4Rh+4. The Kier molecular flexibility index (Phi) is 21.3. The van der Waals surface area contributed by atoms with E-state index in [9.17, 15) is 0 Å². The van der Waals surface area contributed by atoms with Gasteiger partial charge in [-0.25, -0.2) is 0 Å². The molecule has 317 valence electrons. The van der Waals surface area contributed by atoms with Gasteiger partial charge in [-0.2, -0.15) is 14.0 Å². The molecule has 1 N–H and O–H groups in total. The molecule has 0 aliphatic heterocycles. The second-order valence-electron chi connectivity index (χ2n) is 14.2. The number of rotatable bonds is 14. The monoisotopic (exact) mass is 1000 g/mol. The SMILES string of the molecule is [O-][Cl+3]([O-])([O-])O.[Rh].c1ccc([PH+](CC[PH+](c2ccccc2)c2ccccc2)c2ccccc2)cc1.c1ccc([PH+](CC[PH+](c2ccccc2)c2ccccc2)c2ccccc2)cc1. The molecule has 62 heavy (non-hydrogen) atoms. The van der Waals surface area contributed by atoms with Crippen LogP contribution < -0.4 is 56.4 Å². The second-order valence-corrected chi connectivity index (χ2v) is 25.5. The Hall–Kier alpha value is -3.77. The van der Waals surface area contributed by atoms with E-state index >= 15 is 0 Å². The summed E-state index contributed by atoms with van der Waals surface area (Å²) >= 11 is 0. The summed E-state index contributed by atoms with van der Waals surface area (Å²) in [7, 11) is -7.83. The Morgan fingerprint density at radius 1 is 0.258 bits per heavy atom. The van der Waals surface area contributed by atoms with Crippen LogP contribution in [-0.2, 0) is 19.5 Å². The fourth-order valence-corrected chi connectivity index (χ4v) is 19.8. The Bertz CT molecular complexity index is 1880. The molecule has 8 aromatic rings. The molecule has 0 spiro atoms. The van der Waals surface area contributed by atoms with E-state index in [-0.39, 0.29) is 19.5 Å². The minimum atomic E-state index is -4.69. The van der Waals surface area contributed by atoms with Crippen molar-refractivity contribution in [3.63, 3.8) is 0 Å². The van der Waals surface area contributed by atoms with Crippen molar-refractivity contribution in [1.29, 1.82) is 0 Å². The average Bonchev–Trinajstić information content (AvgIpc) is 3.31. The van der Waals surface area contributed by atoms with Crippen LogP contribution in [0, 0.1) is 10.2 Å². The van der Waals surface area contributed by atoms with Gasteiger partial charge in [-0.1, -0.05) is 146 Å². The summed E-state index contributed by atoms with van der Waals surface area (Å²) in [6.45, 7) is 0. The van der Waals surface area contributed by atoms with E-state index in [4.69, 9.17) is 18.6 Å². The molecule has 8 rings (SSSR count). The van der Waals surface area contributed by atoms with E-state index in [0.29, 0.717) is 0 Å². The van der Waals surface area contributed by atoms with Gasteiger partial charge in [0.05, 0.1) is 89.0 Å². The third kappa shape index (κ3) is 16.4. The molecule has 0 aliphatic rings. The van der Waals surface area contributed by atoms with Gasteiger partial charge >= 0.3 is 0 Å². The van der Waals surface area contributed by atoms with Crippen LogP contribution in [0.25, 0.3) is 0 Å². The molecule has 4 nitrogen and oxygen atoms in total. The zero-order valence-electron chi connectivity index (χ0n) is 34.3. The summed E-state index contributed by atoms with van der Waals surface area (Å²) in [4.78, 5) is 0. The van der Waals surface area contributed by atoms with E-state index in [1.54, 1.807) is 0 Å². The fourth-order valence-electron chi connectivity index (χ4n) is 7.44. The van der Waals surface area contributed by atoms with Crippen LogP contribution in [0.2, 0.25) is 0 Å². The maximum Gasteiger partial charge on any atom is 0.101 e. The third-order valence-corrected chi connectivity index (χ3v) is 22.5. The smallest absolute Gasteiger partial charge is 0.101 e. The fraction of sp³-hybridized carbons (Fsp3) is 0.0769. The van der Waals surface area contributed by atoms with E-state index in [2.05, 4.69) is 243 Å². The first-order valence-electron chi connectivity index (χ1n) is 20.3. The molecule has 0 bridgehead atoms. The predicted molar refractivity (Wildman–Crippen MR) is 264 cm³/mol. The second kappa shape index (κ2) is 26.8. The van der Waals surface area contributed by atoms with Crippen molar-refractivity contribution in [2.45, 2.75) is 0 Å². The van der Waals surface area contributed by atoms with Crippen LogP contribution in [0.15, 0.2) is 243 Å². The van der Waals surface area contributed by atoms with Crippen molar-refractivity contribution in [3.8, 4) is 0 Å². The molecule has 0 unspecified atom stereocenters. The van der Waals surface area contributed by atoms with Gasteiger partial charge in [-0.15, -0.1) is 0 Å². The summed E-state index contributed by atoms with van der Waals surface area (Å²) < 4.78 is 32.7. The quantitative estimate of drug-likeness (QED) is 0.118. The van der Waals surface area contributed by atoms with E-state index < -0.39 is 41.9 Å². The largest absolute Gasteiger partial charge is 0.183 e. The Balaban J connectivity index is 0.000000208. The number of benzene rings is 8. The van der Waals surface area contributed by atoms with Crippen LogP contribution in [0.4, 0.5) is 0 Å². The van der Waals surface area contributed by atoms with Gasteiger partial charge < -0.3 is 0 Å². The van der Waals surface area contributed by atoms with Crippen molar-refractivity contribution < 1.29 is 48.4 Å². The van der Waals surface area contributed by atoms with Crippen LogP contribution >= 0.6 is 31.7 Å². The van der Waals surface area contributed by atoms with E-state index in [0.717, 1.165) is 0 Å². The normalized spacial score (nSPS) is 11.0. The topological polar surface area (TPSA) is 89.4 Å².